The number of anilines is 3. The van der Waals surface area contributed by atoms with Crippen molar-refractivity contribution in [2.45, 2.75) is 0 Å². The number of nitrogens with zero attached hydrogens (tertiary/aromatic N) is 3. The van der Waals surface area contributed by atoms with Crippen molar-refractivity contribution in [3.05, 3.63) is 79.1 Å². The van der Waals surface area contributed by atoms with Crippen molar-refractivity contribution < 1.29 is 4.79 Å². The number of nitrogens with one attached hydrogen (secondary N) is 1. The lowest BCUT2D eigenvalue weighted by atomic mass is 10.2. The van der Waals surface area contributed by atoms with Crippen molar-refractivity contribution in [3.8, 4) is 0 Å². The Morgan fingerprint density at radius 3 is 1.87 bits per heavy atom. The normalized spacial score (nSPS) is 10.1. The van der Waals surface area contributed by atoms with Gasteiger partial charge in [-0.05, 0) is 30.3 Å². The molecule has 0 aliphatic carbocycles. The lowest BCUT2D eigenvalue weighted by Crippen LogP contribution is -2.32. The Bertz CT molecular complexity index is 708. The SMILES string of the molecule is O=C(CNc1ncccn1)N(c1ccccc1)c1ccccc1. The van der Waals surface area contributed by atoms with Gasteiger partial charge in [0.05, 0.1) is 6.54 Å². The van der Waals surface area contributed by atoms with Crippen LogP contribution in [0.15, 0.2) is 79.1 Å². The molecule has 0 saturated carbocycles. The third-order valence-electron chi connectivity index (χ3n) is 3.24. The fraction of sp³-hybridized carbons (Fsp3) is 0.0556. The average Bonchev–Trinajstić information content (AvgIpc) is 2.63. The molecule has 0 aliphatic rings. The van der Waals surface area contributed by atoms with Crippen LogP contribution < -0.4 is 10.2 Å². The van der Waals surface area contributed by atoms with Gasteiger partial charge in [-0.25, -0.2) is 9.97 Å². The fourth-order valence-electron chi connectivity index (χ4n) is 2.22. The summed E-state index contributed by atoms with van der Waals surface area (Å²) in [4.78, 5) is 22.5. The Morgan fingerprint density at radius 2 is 1.35 bits per heavy atom. The average molecular weight is 304 g/mol. The fourth-order valence-corrected chi connectivity index (χ4v) is 2.22. The van der Waals surface area contributed by atoms with Crippen LogP contribution >= 0.6 is 0 Å². The van der Waals surface area contributed by atoms with E-state index in [-0.39, 0.29) is 12.5 Å². The van der Waals surface area contributed by atoms with E-state index >= 15 is 0 Å². The maximum absolute atomic E-state index is 12.7. The van der Waals surface area contributed by atoms with Gasteiger partial charge >= 0.3 is 0 Å². The predicted molar refractivity (Wildman–Crippen MR) is 90.6 cm³/mol. The van der Waals surface area contributed by atoms with Crippen LogP contribution in [-0.2, 0) is 4.79 Å². The first-order chi connectivity index (χ1) is 11.3. The van der Waals surface area contributed by atoms with Gasteiger partial charge in [0.2, 0.25) is 5.95 Å². The van der Waals surface area contributed by atoms with Crippen molar-refractivity contribution in [2.24, 2.45) is 0 Å². The molecule has 5 nitrogen and oxygen atoms in total. The molecule has 0 fully saturated rings. The standard InChI is InChI=1S/C18H16N4O/c23-17(14-21-18-19-12-7-13-20-18)22(15-8-3-1-4-9-15)16-10-5-2-6-11-16/h1-13H,14H2,(H,19,20,21). The molecule has 2 aromatic carbocycles. The minimum atomic E-state index is -0.0881. The van der Waals surface area contributed by atoms with Crippen LogP contribution in [0, 0.1) is 0 Å². The molecule has 0 spiro atoms. The number of rotatable bonds is 5. The molecule has 1 N–H and O–H groups in total. The summed E-state index contributed by atoms with van der Waals surface area (Å²) in [5.74, 6) is 0.344. The van der Waals surface area contributed by atoms with Crippen LogP contribution in [-0.4, -0.2) is 22.4 Å². The summed E-state index contributed by atoms with van der Waals surface area (Å²) in [7, 11) is 0. The minimum Gasteiger partial charge on any atom is -0.345 e. The van der Waals surface area contributed by atoms with Gasteiger partial charge in [0, 0.05) is 23.8 Å². The van der Waals surface area contributed by atoms with Crippen molar-refractivity contribution in [1.29, 1.82) is 0 Å². The largest absolute Gasteiger partial charge is 0.345 e. The molecular weight excluding hydrogens is 288 g/mol. The number of aromatic nitrogens is 2. The van der Waals surface area contributed by atoms with E-state index in [2.05, 4.69) is 15.3 Å². The maximum atomic E-state index is 12.7. The highest BCUT2D eigenvalue weighted by molar-refractivity contribution is 6.02. The molecule has 23 heavy (non-hydrogen) atoms. The van der Waals surface area contributed by atoms with E-state index in [1.165, 1.54) is 0 Å². The van der Waals surface area contributed by atoms with E-state index in [4.69, 9.17) is 0 Å². The Balaban J connectivity index is 1.82. The zero-order valence-corrected chi connectivity index (χ0v) is 12.5. The Labute approximate surface area is 134 Å². The van der Waals surface area contributed by atoms with E-state index in [0.29, 0.717) is 5.95 Å². The molecule has 0 saturated heterocycles. The monoisotopic (exact) mass is 304 g/mol. The number of amides is 1. The van der Waals surface area contributed by atoms with Crippen LogP contribution in [0.1, 0.15) is 0 Å². The van der Waals surface area contributed by atoms with Gasteiger partial charge in [0.15, 0.2) is 0 Å². The van der Waals surface area contributed by atoms with Crippen molar-refractivity contribution >= 4 is 23.2 Å². The molecule has 1 aromatic heterocycles. The molecule has 114 valence electrons. The molecule has 0 radical (unpaired) electrons. The summed E-state index contributed by atoms with van der Waals surface area (Å²) < 4.78 is 0. The summed E-state index contributed by atoms with van der Waals surface area (Å²) in [5.41, 5.74) is 1.64. The first kappa shape index (κ1) is 14.7. The third kappa shape index (κ3) is 3.71. The Morgan fingerprint density at radius 1 is 0.826 bits per heavy atom. The Kier molecular flexibility index (Phi) is 4.59. The van der Waals surface area contributed by atoms with Crippen molar-refractivity contribution in [1.82, 2.24) is 9.97 Å². The second kappa shape index (κ2) is 7.17. The van der Waals surface area contributed by atoms with Gasteiger partial charge in [-0.3, -0.25) is 9.69 Å². The highest BCUT2D eigenvalue weighted by Crippen LogP contribution is 2.24. The number of hydrogen-bond acceptors (Lipinski definition) is 4. The number of benzene rings is 2. The molecule has 0 unspecified atom stereocenters. The summed E-state index contributed by atoms with van der Waals surface area (Å²) >= 11 is 0. The quantitative estimate of drug-likeness (QED) is 0.786. The lowest BCUT2D eigenvalue weighted by Gasteiger charge is -2.23. The molecule has 0 bridgehead atoms. The van der Waals surface area contributed by atoms with E-state index in [0.717, 1.165) is 11.4 Å². The molecule has 0 aliphatic heterocycles. The summed E-state index contributed by atoms with van der Waals surface area (Å²) in [5, 5.41) is 2.95. The van der Waals surface area contributed by atoms with Crippen LogP contribution in [0.2, 0.25) is 0 Å². The number of para-hydroxylation sites is 2. The van der Waals surface area contributed by atoms with E-state index < -0.39 is 0 Å². The number of hydrogen-bond donors (Lipinski definition) is 1. The van der Waals surface area contributed by atoms with Crippen molar-refractivity contribution in [2.75, 3.05) is 16.8 Å². The van der Waals surface area contributed by atoms with E-state index in [1.807, 2.05) is 60.7 Å². The zero-order chi connectivity index (χ0) is 15.9. The number of carbonyl (C=O) groups excluding carboxylic acids is 1. The second-order valence-electron chi connectivity index (χ2n) is 4.83. The van der Waals surface area contributed by atoms with Gasteiger partial charge in [-0.1, -0.05) is 36.4 Å². The summed E-state index contributed by atoms with van der Waals surface area (Å²) in [6.07, 6.45) is 3.26. The van der Waals surface area contributed by atoms with Crippen LogP contribution in [0.3, 0.4) is 0 Å². The van der Waals surface area contributed by atoms with Gasteiger partial charge in [0.25, 0.3) is 5.91 Å². The molecule has 5 heteroatoms. The summed E-state index contributed by atoms with van der Waals surface area (Å²) in [6.45, 7) is 0.105. The molecule has 1 heterocycles. The van der Waals surface area contributed by atoms with E-state index in [9.17, 15) is 4.79 Å². The smallest absolute Gasteiger partial charge is 0.250 e. The Hall–Kier alpha value is -3.21. The lowest BCUT2D eigenvalue weighted by molar-refractivity contribution is -0.116. The van der Waals surface area contributed by atoms with Gasteiger partial charge < -0.3 is 5.32 Å². The highest BCUT2D eigenvalue weighted by Gasteiger charge is 2.17. The molecule has 3 aromatic rings. The molecular formula is C18H16N4O. The second-order valence-corrected chi connectivity index (χ2v) is 4.83. The van der Waals surface area contributed by atoms with Gasteiger partial charge in [0.1, 0.15) is 0 Å². The maximum Gasteiger partial charge on any atom is 0.250 e. The van der Waals surface area contributed by atoms with Crippen molar-refractivity contribution in [3.63, 3.8) is 0 Å². The zero-order valence-electron chi connectivity index (χ0n) is 12.5. The van der Waals surface area contributed by atoms with Crippen LogP contribution in [0.4, 0.5) is 17.3 Å². The summed E-state index contributed by atoms with van der Waals surface area (Å²) in [6, 6.07) is 20.8. The molecule has 3 rings (SSSR count). The van der Waals surface area contributed by atoms with Crippen LogP contribution in [0.25, 0.3) is 0 Å². The third-order valence-corrected chi connectivity index (χ3v) is 3.24. The first-order valence-electron chi connectivity index (χ1n) is 7.28. The van der Waals surface area contributed by atoms with Gasteiger partial charge in [-0.2, -0.15) is 0 Å². The van der Waals surface area contributed by atoms with Crippen LogP contribution in [0.5, 0.6) is 0 Å². The van der Waals surface area contributed by atoms with Gasteiger partial charge in [-0.15, -0.1) is 0 Å². The predicted octanol–water partition coefficient (Wildman–Crippen LogP) is 3.25. The molecule has 1 amide bonds. The molecule has 0 atom stereocenters. The first-order valence-corrected chi connectivity index (χ1v) is 7.28. The van der Waals surface area contributed by atoms with E-state index in [1.54, 1.807) is 23.4 Å². The highest BCUT2D eigenvalue weighted by atomic mass is 16.2. The number of carbonyl (C=O) groups is 1. The minimum absolute atomic E-state index is 0.0881. The topological polar surface area (TPSA) is 58.1 Å².